The second kappa shape index (κ2) is 5.85. The fourth-order valence-corrected chi connectivity index (χ4v) is 1.90. The maximum atomic E-state index is 13.1. The van der Waals surface area contributed by atoms with Gasteiger partial charge in [0, 0.05) is 5.56 Å². The Morgan fingerprint density at radius 2 is 2.00 bits per heavy atom. The van der Waals surface area contributed by atoms with Crippen LogP contribution in [0.1, 0.15) is 29.7 Å². The zero-order valence-corrected chi connectivity index (χ0v) is 11.1. The number of aliphatic hydroxyl groups is 1. The van der Waals surface area contributed by atoms with Crippen LogP contribution in [0.4, 0.5) is 4.39 Å². The van der Waals surface area contributed by atoms with E-state index < -0.39 is 6.10 Å². The van der Waals surface area contributed by atoms with Gasteiger partial charge < -0.3 is 9.84 Å². The van der Waals surface area contributed by atoms with E-state index in [-0.39, 0.29) is 12.4 Å². The maximum absolute atomic E-state index is 13.1. The number of rotatable bonds is 4. The lowest BCUT2D eigenvalue weighted by Gasteiger charge is -2.14. The van der Waals surface area contributed by atoms with Gasteiger partial charge in [0.2, 0.25) is 0 Å². The summed E-state index contributed by atoms with van der Waals surface area (Å²) < 4.78 is 18.8. The quantitative estimate of drug-likeness (QED) is 0.906. The van der Waals surface area contributed by atoms with Gasteiger partial charge in [-0.25, -0.2) is 4.39 Å². The van der Waals surface area contributed by atoms with Crippen molar-refractivity contribution < 1.29 is 14.2 Å². The van der Waals surface area contributed by atoms with Crippen LogP contribution in [0.2, 0.25) is 0 Å². The fourth-order valence-electron chi connectivity index (χ4n) is 1.90. The van der Waals surface area contributed by atoms with Crippen molar-refractivity contribution in [2.45, 2.75) is 26.6 Å². The lowest BCUT2D eigenvalue weighted by Crippen LogP contribution is -2.01. The normalized spacial score (nSPS) is 12.2. The van der Waals surface area contributed by atoms with E-state index in [4.69, 9.17) is 4.74 Å². The van der Waals surface area contributed by atoms with Crippen molar-refractivity contribution in [1.29, 1.82) is 0 Å². The van der Waals surface area contributed by atoms with Crippen LogP contribution >= 0.6 is 0 Å². The van der Waals surface area contributed by atoms with Crippen molar-refractivity contribution in [2.75, 3.05) is 0 Å². The molecule has 2 rings (SSSR count). The highest BCUT2D eigenvalue weighted by atomic mass is 19.1. The van der Waals surface area contributed by atoms with Gasteiger partial charge in [-0.3, -0.25) is 0 Å². The highest BCUT2D eigenvalue weighted by Crippen LogP contribution is 2.27. The van der Waals surface area contributed by atoms with Crippen molar-refractivity contribution in [1.82, 2.24) is 0 Å². The number of hydrogen-bond acceptors (Lipinski definition) is 2. The Kier molecular flexibility index (Phi) is 4.17. The molecule has 100 valence electrons. The number of hydrogen-bond donors (Lipinski definition) is 1. The predicted molar refractivity (Wildman–Crippen MR) is 72.5 cm³/mol. The first kappa shape index (κ1) is 13.6. The molecule has 2 nitrogen and oxygen atoms in total. The van der Waals surface area contributed by atoms with Crippen LogP contribution in [0.15, 0.2) is 42.5 Å². The van der Waals surface area contributed by atoms with Gasteiger partial charge in [0.05, 0.1) is 6.10 Å². The van der Waals surface area contributed by atoms with Gasteiger partial charge in [0.15, 0.2) is 0 Å². The average Bonchev–Trinajstić information content (AvgIpc) is 2.36. The molecule has 0 aromatic heterocycles. The van der Waals surface area contributed by atoms with E-state index in [0.29, 0.717) is 5.75 Å². The molecule has 1 N–H and O–H groups in total. The van der Waals surface area contributed by atoms with Gasteiger partial charge in [0.1, 0.15) is 18.2 Å². The molecule has 0 bridgehead atoms. The number of benzene rings is 2. The lowest BCUT2D eigenvalue weighted by molar-refractivity contribution is 0.190. The molecule has 0 saturated heterocycles. The SMILES string of the molecule is Cc1ccc([C@@H](C)O)c(OCc2cccc(F)c2)c1. The summed E-state index contributed by atoms with van der Waals surface area (Å²) in [7, 11) is 0. The van der Waals surface area contributed by atoms with Crippen LogP contribution in [0, 0.1) is 12.7 Å². The zero-order valence-electron chi connectivity index (χ0n) is 11.1. The van der Waals surface area contributed by atoms with E-state index in [1.54, 1.807) is 19.1 Å². The van der Waals surface area contributed by atoms with Gasteiger partial charge in [-0.05, 0) is 43.2 Å². The molecule has 3 heteroatoms. The Hall–Kier alpha value is -1.87. The summed E-state index contributed by atoms with van der Waals surface area (Å²) in [6.07, 6.45) is -0.594. The third-order valence-corrected chi connectivity index (χ3v) is 2.90. The topological polar surface area (TPSA) is 29.5 Å². The van der Waals surface area contributed by atoms with Crippen molar-refractivity contribution in [3.63, 3.8) is 0 Å². The minimum absolute atomic E-state index is 0.277. The van der Waals surface area contributed by atoms with E-state index in [0.717, 1.165) is 16.7 Å². The van der Waals surface area contributed by atoms with Crippen LogP contribution in [0.25, 0.3) is 0 Å². The lowest BCUT2D eigenvalue weighted by atomic mass is 10.1. The number of aliphatic hydroxyl groups excluding tert-OH is 1. The largest absolute Gasteiger partial charge is 0.489 e. The smallest absolute Gasteiger partial charge is 0.125 e. The first-order chi connectivity index (χ1) is 9.06. The van der Waals surface area contributed by atoms with Crippen molar-refractivity contribution >= 4 is 0 Å². The molecular weight excluding hydrogens is 243 g/mol. The Labute approximate surface area is 112 Å². The zero-order chi connectivity index (χ0) is 13.8. The maximum Gasteiger partial charge on any atom is 0.125 e. The van der Waals surface area contributed by atoms with Crippen molar-refractivity contribution in [3.8, 4) is 5.75 Å². The Morgan fingerprint density at radius 1 is 1.21 bits per heavy atom. The minimum atomic E-state index is -0.594. The molecular formula is C16H17FO2. The van der Waals surface area contributed by atoms with Crippen LogP contribution in [-0.4, -0.2) is 5.11 Å². The van der Waals surface area contributed by atoms with Gasteiger partial charge in [-0.1, -0.05) is 24.3 Å². The van der Waals surface area contributed by atoms with Crippen molar-refractivity contribution in [2.24, 2.45) is 0 Å². The van der Waals surface area contributed by atoms with E-state index in [1.165, 1.54) is 12.1 Å². The van der Waals surface area contributed by atoms with E-state index in [2.05, 4.69) is 0 Å². The molecule has 0 unspecified atom stereocenters. The average molecular weight is 260 g/mol. The molecule has 0 fully saturated rings. The Balaban J connectivity index is 2.17. The predicted octanol–water partition coefficient (Wildman–Crippen LogP) is 3.77. The number of aryl methyl sites for hydroxylation is 1. The fraction of sp³-hybridized carbons (Fsp3) is 0.250. The summed E-state index contributed by atoms with van der Waals surface area (Å²) in [6.45, 7) is 3.93. The molecule has 0 heterocycles. The Bertz CT molecular complexity index is 564. The van der Waals surface area contributed by atoms with Crippen LogP contribution in [-0.2, 0) is 6.61 Å². The summed E-state index contributed by atoms with van der Waals surface area (Å²) >= 11 is 0. The van der Waals surface area contributed by atoms with E-state index >= 15 is 0 Å². The molecule has 2 aromatic carbocycles. The van der Waals surface area contributed by atoms with Crippen LogP contribution in [0.5, 0.6) is 5.75 Å². The van der Waals surface area contributed by atoms with Crippen molar-refractivity contribution in [3.05, 3.63) is 65.0 Å². The summed E-state index contributed by atoms with van der Waals surface area (Å²) in [5.41, 5.74) is 2.55. The highest BCUT2D eigenvalue weighted by molar-refractivity contribution is 5.38. The molecule has 0 amide bonds. The molecule has 0 saturated carbocycles. The molecule has 0 aliphatic heterocycles. The monoisotopic (exact) mass is 260 g/mol. The minimum Gasteiger partial charge on any atom is -0.489 e. The molecule has 1 atom stereocenters. The first-order valence-electron chi connectivity index (χ1n) is 6.22. The standard InChI is InChI=1S/C16H17FO2/c1-11-6-7-15(12(2)18)16(8-11)19-10-13-4-3-5-14(17)9-13/h3-9,12,18H,10H2,1-2H3/t12-/m1/s1. The number of ether oxygens (including phenoxy) is 1. The van der Waals surface area contributed by atoms with Gasteiger partial charge >= 0.3 is 0 Å². The second-order valence-electron chi connectivity index (χ2n) is 4.64. The van der Waals surface area contributed by atoms with Gasteiger partial charge in [-0.2, -0.15) is 0 Å². The van der Waals surface area contributed by atoms with E-state index in [9.17, 15) is 9.50 Å². The number of halogens is 1. The first-order valence-corrected chi connectivity index (χ1v) is 6.22. The second-order valence-corrected chi connectivity index (χ2v) is 4.64. The van der Waals surface area contributed by atoms with Crippen LogP contribution < -0.4 is 4.74 Å². The molecule has 0 radical (unpaired) electrons. The molecule has 0 aliphatic rings. The van der Waals surface area contributed by atoms with Gasteiger partial charge in [-0.15, -0.1) is 0 Å². The summed E-state index contributed by atoms with van der Waals surface area (Å²) in [5.74, 6) is 0.361. The third kappa shape index (κ3) is 3.55. The Morgan fingerprint density at radius 3 is 2.68 bits per heavy atom. The summed E-state index contributed by atoms with van der Waals surface area (Å²) in [5, 5.41) is 9.70. The van der Waals surface area contributed by atoms with E-state index in [1.807, 2.05) is 25.1 Å². The van der Waals surface area contributed by atoms with Crippen LogP contribution in [0.3, 0.4) is 0 Å². The highest BCUT2D eigenvalue weighted by Gasteiger charge is 2.09. The molecule has 0 spiro atoms. The van der Waals surface area contributed by atoms with Gasteiger partial charge in [0.25, 0.3) is 0 Å². The summed E-state index contributed by atoms with van der Waals surface area (Å²) in [4.78, 5) is 0. The molecule has 2 aromatic rings. The molecule has 19 heavy (non-hydrogen) atoms. The third-order valence-electron chi connectivity index (χ3n) is 2.90. The molecule has 0 aliphatic carbocycles. The summed E-state index contributed by atoms with van der Waals surface area (Å²) in [6, 6.07) is 12.0.